The minimum atomic E-state index is 0. The number of aryl methyl sites for hydroxylation is 1. The van der Waals surface area contributed by atoms with Gasteiger partial charge in [-0.1, -0.05) is 133 Å². The van der Waals surface area contributed by atoms with Gasteiger partial charge in [0.15, 0.2) is 0 Å². The molecule has 0 amide bonds. The van der Waals surface area contributed by atoms with E-state index in [2.05, 4.69) is 145 Å². The summed E-state index contributed by atoms with van der Waals surface area (Å²) in [5.74, 6) is 4.46. The van der Waals surface area contributed by atoms with Crippen LogP contribution >= 0.6 is 0 Å². The molecule has 0 radical (unpaired) electrons. The average Bonchev–Trinajstić information content (AvgIpc) is 3.50. The third kappa shape index (κ3) is 7.53. The van der Waals surface area contributed by atoms with Crippen LogP contribution in [0.4, 0.5) is 0 Å². The van der Waals surface area contributed by atoms with Crippen LogP contribution in [0.3, 0.4) is 0 Å². The summed E-state index contributed by atoms with van der Waals surface area (Å²) >= 11 is 1.55. The van der Waals surface area contributed by atoms with Crippen LogP contribution in [0.1, 0.15) is 127 Å². The summed E-state index contributed by atoms with van der Waals surface area (Å²) in [6.07, 6.45) is 7.65. The van der Waals surface area contributed by atoms with E-state index < -0.39 is 0 Å². The van der Waals surface area contributed by atoms with Crippen molar-refractivity contribution in [1.29, 1.82) is 0 Å². The Morgan fingerprint density at radius 3 is 1.89 bits per heavy atom. The second-order valence-electron chi connectivity index (χ2n) is 14.8. The minimum Gasteiger partial charge on any atom is -1.00 e. The maximum Gasteiger partial charge on any atom is -0.0264 e. The number of benzene rings is 3. The fourth-order valence-corrected chi connectivity index (χ4v) is 7.49. The molecular formula is C42H54Cl2Zr-2. The first-order valence-electron chi connectivity index (χ1n) is 16.4. The van der Waals surface area contributed by atoms with Crippen molar-refractivity contribution in [3.05, 3.63) is 99.0 Å². The molecule has 0 nitrogen and oxygen atoms in total. The van der Waals surface area contributed by atoms with Crippen LogP contribution < -0.4 is 24.8 Å². The SMILES string of the molecule is CC1[C-]=CC(C(C)(C)C)=C1.C[C](C)=[Zr+2].Cc1cc2c(c(C)c1C)C(C)c1c3c(c4ccccc4c1-2)C(C)C(C)C(C)[C-]3C.[Cl-].[Cl-]. The molecule has 0 saturated carbocycles. The molecule has 0 heterocycles. The Bertz CT molecular complexity index is 1610. The van der Waals surface area contributed by atoms with Crippen LogP contribution in [-0.2, 0) is 24.2 Å². The molecule has 45 heavy (non-hydrogen) atoms. The van der Waals surface area contributed by atoms with E-state index in [4.69, 9.17) is 0 Å². The molecule has 6 rings (SSSR count). The van der Waals surface area contributed by atoms with Gasteiger partial charge >= 0.3 is 41.3 Å². The van der Waals surface area contributed by atoms with Crippen LogP contribution in [0.2, 0.25) is 0 Å². The third-order valence-electron chi connectivity index (χ3n) is 10.5. The molecule has 5 atom stereocenters. The zero-order valence-corrected chi connectivity index (χ0v) is 34.2. The Morgan fingerprint density at radius 2 is 1.40 bits per heavy atom. The predicted octanol–water partition coefficient (Wildman–Crippen LogP) is 5.95. The van der Waals surface area contributed by atoms with Crippen molar-refractivity contribution < 1.29 is 49.0 Å². The van der Waals surface area contributed by atoms with Crippen molar-refractivity contribution in [2.24, 2.45) is 23.2 Å². The Hall–Kier alpha value is -1.40. The van der Waals surface area contributed by atoms with Crippen molar-refractivity contribution >= 4 is 14.0 Å². The number of hydrogen-bond donors (Lipinski definition) is 0. The number of rotatable bonds is 0. The van der Waals surface area contributed by atoms with Crippen LogP contribution in [0, 0.1) is 55.9 Å². The van der Waals surface area contributed by atoms with Gasteiger partial charge in [0.25, 0.3) is 0 Å². The minimum absolute atomic E-state index is 0. The average molecular weight is 721 g/mol. The second kappa shape index (κ2) is 15.2. The largest absolute Gasteiger partial charge is 1.00 e. The molecule has 5 unspecified atom stereocenters. The standard InChI is InChI=1S/C29H33.C10H15.C3H6.2ClH.Zr/c1-14-13-24-25(18(5)15(14)2)21(8)28-27-20(7)17(4)16(3)19(6)26(27)22-11-9-10-12-23(22)29(24)28;1-8-5-6-9(7-8)10(2,3)4;1-3-2;;;/h9-13,16-17,19,21H,1-8H3;6-8H,1-4H3;1-2H3;2*1H;/q2*-1;;;;+2/p-2. The summed E-state index contributed by atoms with van der Waals surface area (Å²) in [5, 5.41) is 2.93. The molecule has 0 aliphatic heterocycles. The smallest absolute Gasteiger partial charge is 0.0264 e. The normalized spacial score (nSPS) is 22.4. The molecule has 3 aliphatic carbocycles. The van der Waals surface area contributed by atoms with E-state index >= 15 is 0 Å². The van der Waals surface area contributed by atoms with Gasteiger partial charge in [-0.2, -0.15) is 23.1 Å². The molecule has 0 N–H and O–H groups in total. The Kier molecular flexibility index (Phi) is 13.5. The quantitative estimate of drug-likeness (QED) is 0.252. The zero-order chi connectivity index (χ0) is 32.1. The summed E-state index contributed by atoms with van der Waals surface area (Å²) in [4.78, 5) is 0. The zero-order valence-electron chi connectivity index (χ0n) is 30.2. The number of hydrogen-bond acceptors (Lipinski definition) is 0. The summed E-state index contributed by atoms with van der Waals surface area (Å²) in [7, 11) is 0. The molecule has 3 aromatic rings. The van der Waals surface area contributed by atoms with Crippen molar-refractivity contribution in [1.82, 2.24) is 0 Å². The number of halogens is 2. The van der Waals surface area contributed by atoms with E-state index in [1.807, 2.05) is 0 Å². The molecule has 0 bridgehead atoms. The van der Waals surface area contributed by atoms with Crippen LogP contribution in [0.5, 0.6) is 0 Å². The van der Waals surface area contributed by atoms with Gasteiger partial charge in [0, 0.05) is 0 Å². The van der Waals surface area contributed by atoms with Crippen molar-refractivity contribution in [2.75, 3.05) is 0 Å². The van der Waals surface area contributed by atoms with Gasteiger partial charge in [-0.25, -0.2) is 6.08 Å². The monoisotopic (exact) mass is 718 g/mol. The van der Waals surface area contributed by atoms with Gasteiger partial charge in [0.1, 0.15) is 0 Å². The molecular weight excluding hydrogens is 667 g/mol. The van der Waals surface area contributed by atoms with Crippen molar-refractivity contribution in [3.8, 4) is 11.1 Å². The van der Waals surface area contributed by atoms with Gasteiger partial charge in [-0.05, 0) is 59.9 Å². The van der Waals surface area contributed by atoms with E-state index in [1.165, 1.54) is 47.4 Å². The molecule has 3 heteroatoms. The van der Waals surface area contributed by atoms with Crippen LogP contribution in [0.25, 0.3) is 21.9 Å². The summed E-state index contributed by atoms with van der Waals surface area (Å²) in [6.45, 7) is 32.2. The van der Waals surface area contributed by atoms with E-state index in [0.29, 0.717) is 35.0 Å². The van der Waals surface area contributed by atoms with Crippen LogP contribution in [-0.4, -0.2) is 3.21 Å². The van der Waals surface area contributed by atoms with Crippen molar-refractivity contribution in [3.63, 3.8) is 0 Å². The van der Waals surface area contributed by atoms with E-state index in [1.54, 1.807) is 52.4 Å². The summed E-state index contributed by atoms with van der Waals surface area (Å²) in [6, 6.07) is 11.7. The molecule has 3 aliphatic rings. The van der Waals surface area contributed by atoms with E-state index in [9.17, 15) is 0 Å². The Balaban J connectivity index is 0.000000371. The fraction of sp³-hybridized carbons (Fsp3) is 0.476. The molecule has 0 fully saturated rings. The fourth-order valence-electron chi connectivity index (χ4n) is 7.49. The first kappa shape index (κ1) is 39.8. The molecule has 242 valence electrons. The van der Waals surface area contributed by atoms with Crippen molar-refractivity contribution in [2.45, 2.75) is 109 Å². The van der Waals surface area contributed by atoms with Gasteiger partial charge in [0.05, 0.1) is 0 Å². The molecule has 0 aromatic heterocycles. The first-order valence-corrected chi connectivity index (χ1v) is 17.6. The Labute approximate surface area is 303 Å². The Morgan fingerprint density at radius 1 is 0.844 bits per heavy atom. The molecule has 0 saturated heterocycles. The third-order valence-corrected chi connectivity index (χ3v) is 10.5. The van der Waals surface area contributed by atoms with Gasteiger partial charge in [0.2, 0.25) is 0 Å². The topological polar surface area (TPSA) is 0 Å². The molecule has 3 aromatic carbocycles. The van der Waals surface area contributed by atoms with E-state index in [0.717, 1.165) is 0 Å². The van der Waals surface area contributed by atoms with Gasteiger partial charge in [-0.3, -0.25) is 6.08 Å². The maximum atomic E-state index is 3.26. The maximum absolute atomic E-state index is 3.26. The van der Waals surface area contributed by atoms with Gasteiger partial charge in [-0.15, -0.1) is 11.1 Å². The first-order chi connectivity index (χ1) is 20.0. The van der Waals surface area contributed by atoms with E-state index in [-0.39, 0.29) is 24.8 Å². The van der Waals surface area contributed by atoms with Gasteiger partial charge < -0.3 is 24.8 Å². The second-order valence-corrected chi connectivity index (χ2v) is 17.3. The summed E-state index contributed by atoms with van der Waals surface area (Å²) in [5.41, 5.74) is 15.4. The summed E-state index contributed by atoms with van der Waals surface area (Å²) < 4.78 is 1.51. The predicted molar refractivity (Wildman–Crippen MR) is 187 cm³/mol. The number of allylic oxidation sites excluding steroid dienone is 4. The number of fused-ring (bicyclic) bond motifs is 8. The van der Waals surface area contributed by atoms with Crippen LogP contribution in [0.15, 0.2) is 48.1 Å². The molecule has 0 spiro atoms.